The smallest absolute Gasteiger partial charge is 0.0502 e. The molecule has 19 heavy (non-hydrogen) atoms. The summed E-state index contributed by atoms with van der Waals surface area (Å²) in [6, 6.07) is 8.46. The first-order valence-electron chi connectivity index (χ1n) is 7.21. The Morgan fingerprint density at radius 1 is 1.21 bits per heavy atom. The van der Waals surface area contributed by atoms with Gasteiger partial charge in [0.1, 0.15) is 0 Å². The van der Waals surface area contributed by atoms with E-state index in [0.717, 1.165) is 24.7 Å². The molecule has 1 rings (SSSR count). The van der Waals surface area contributed by atoms with Gasteiger partial charge >= 0.3 is 0 Å². The van der Waals surface area contributed by atoms with Crippen molar-refractivity contribution >= 4 is 11.6 Å². The number of nitrogens with one attached hydrogen (secondary N) is 1. The minimum Gasteiger partial charge on any atom is -0.309 e. The lowest BCUT2D eigenvalue weighted by molar-refractivity contribution is 0.0919. The molecule has 0 aliphatic heterocycles. The molecule has 0 aromatic heterocycles. The number of benzene rings is 1. The van der Waals surface area contributed by atoms with Gasteiger partial charge in [-0.05, 0) is 51.2 Å². The molecule has 0 spiro atoms. The van der Waals surface area contributed by atoms with Crippen LogP contribution in [-0.2, 0) is 0 Å². The van der Waals surface area contributed by atoms with Crippen molar-refractivity contribution in [1.29, 1.82) is 0 Å². The first kappa shape index (κ1) is 16.5. The molecule has 0 bridgehead atoms. The summed E-state index contributed by atoms with van der Waals surface area (Å²) < 4.78 is 0. The van der Waals surface area contributed by atoms with Gasteiger partial charge in [-0.3, -0.25) is 4.90 Å². The van der Waals surface area contributed by atoms with Crippen molar-refractivity contribution < 1.29 is 0 Å². The van der Waals surface area contributed by atoms with E-state index in [0.29, 0.717) is 0 Å². The second-order valence-corrected chi connectivity index (χ2v) is 5.81. The lowest BCUT2D eigenvalue weighted by Crippen LogP contribution is -2.52. The third-order valence-corrected chi connectivity index (χ3v) is 4.11. The molecule has 0 saturated heterocycles. The molecule has 0 fully saturated rings. The number of nitrogens with zero attached hydrogens (tertiary/aromatic N) is 1. The summed E-state index contributed by atoms with van der Waals surface area (Å²) in [5.41, 5.74) is 1.30. The molecule has 1 aromatic carbocycles. The molecule has 0 amide bonds. The fourth-order valence-corrected chi connectivity index (χ4v) is 3.09. The second kappa shape index (κ2) is 7.28. The van der Waals surface area contributed by atoms with Crippen LogP contribution in [0.2, 0.25) is 5.02 Å². The van der Waals surface area contributed by atoms with Crippen LogP contribution in [0, 0.1) is 0 Å². The van der Waals surface area contributed by atoms with Crippen LogP contribution < -0.4 is 5.32 Å². The van der Waals surface area contributed by atoms with Gasteiger partial charge in [0.25, 0.3) is 0 Å². The van der Waals surface area contributed by atoms with Gasteiger partial charge in [0.15, 0.2) is 0 Å². The van der Waals surface area contributed by atoms with Crippen LogP contribution in [0.1, 0.15) is 46.2 Å². The summed E-state index contributed by atoms with van der Waals surface area (Å²) in [7, 11) is 0. The Kier molecular flexibility index (Phi) is 6.31. The van der Waals surface area contributed by atoms with E-state index in [1.54, 1.807) is 0 Å². The standard InChI is InChI=1S/C16H27ClN2/c1-6-18-15(13-10-9-11-14(17)12-13)16(4,5)19(7-2)8-3/h9-12,15,18H,6-8H2,1-5H3. The fraction of sp³-hybridized carbons (Fsp3) is 0.625. The Hall–Kier alpha value is -0.570. The maximum atomic E-state index is 6.15. The molecule has 1 N–H and O–H groups in total. The van der Waals surface area contributed by atoms with Crippen molar-refractivity contribution in [2.45, 2.75) is 46.2 Å². The summed E-state index contributed by atoms with van der Waals surface area (Å²) in [5, 5.41) is 4.42. The highest BCUT2D eigenvalue weighted by molar-refractivity contribution is 6.30. The van der Waals surface area contributed by atoms with Gasteiger partial charge in [0.2, 0.25) is 0 Å². The van der Waals surface area contributed by atoms with Gasteiger partial charge in [-0.1, -0.05) is 44.5 Å². The molecule has 0 heterocycles. The highest BCUT2D eigenvalue weighted by Gasteiger charge is 2.34. The van der Waals surface area contributed by atoms with Crippen molar-refractivity contribution in [3.63, 3.8) is 0 Å². The summed E-state index contributed by atoms with van der Waals surface area (Å²) in [6.07, 6.45) is 0. The van der Waals surface area contributed by atoms with E-state index < -0.39 is 0 Å². The summed E-state index contributed by atoms with van der Waals surface area (Å²) in [4.78, 5) is 2.49. The molecule has 1 aromatic rings. The van der Waals surface area contributed by atoms with Crippen LogP contribution >= 0.6 is 11.6 Å². The van der Waals surface area contributed by atoms with Crippen molar-refractivity contribution in [3.05, 3.63) is 34.9 Å². The van der Waals surface area contributed by atoms with Crippen LogP contribution in [0.25, 0.3) is 0 Å². The van der Waals surface area contributed by atoms with Crippen molar-refractivity contribution in [2.24, 2.45) is 0 Å². The van der Waals surface area contributed by atoms with Crippen molar-refractivity contribution in [3.8, 4) is 0 Å². The Morgan fingerprint density at radius 2 is 1.84 bits per heavy atom. The number of likely N-dealkylation sites (N-methyl/N-ethyl adjacent to an activating group) is 2. The SMILES string of the molecule is CCNC(c1cccc(Cl)c1)C(C)(C)N(CC)CC. The topological polar surface area (TPSA) is 15.3 Å². The van der Waals surface area contributed by atoms with Gasteiger partial charge < -0.3 is 5.32 Å². The van der Waals surface area contributed by atoms with Crippen LogP contribution in [0.15, 0.2) is 24.3 Å². The van der Waals surface area contributed by atoms with E-state index in [9.17, 15) is 0 Å². The predicted octanol–water partition coefficient (Wildman–Crippen LogP) is 4.11. The van der Waals surface area contributed by atoms with Gasteiger partial charge in [-0.2, -0.15) is 0 Å². The number of halogens is 1. The van der Waals surface area contributed by atoms with E-state index in [2.05, 4.69) is 57.0 Å². The highest BCUT2D eigenvalue weighted by atomic mass is 35.5. The highest BCUT2D eigenvalue weighted by Crippen LogP contribution is 2.32. The second-order valence-electron chi connectivity index (χ2n) is 5.37. The molecule has 108 valence electrons. The van der Waals surface area contributed by atoms with Gasteiger partial charge in [-0.25, -0.2) is 0 Å². The van der Waals surface area contributed by atoms with E-state index in [1.165, 1.54) is 5.56 Å². The normalized spacial score (nSPS) is 13.8. The minimum absolute atomic E-state index is 0.0458. The van der Waals surface area contributed by atoms with E-state index in [4.69, 9.17) is 11.6 Å². The zero-order valence-corrected chi connectivity index (χ0v) is 13.6. The maximum Gasteiger partial charge on any atom is 0.0502 e. The molecular formula is C16H27ClN2. The van der Waals surface area contributed by atoms with Gasteiger partial charge in [-0.15, -0.1) is 0 Å². The molecule has 0 saturated carbocycles. The Labute approximate surface area is 123 Å². The minimum atomic E-state index is 0.0458. The predicted molar refractivity (Wildman–Crippen MR) is 84.9 cm³/mol. The van der Waals surface area contributed by atoms with Crippen LogP contribution in [0.4, 0.5) is 0 Å². The average molecular weight is 283 g/mol. The lowest BCUT2D eigenvalue weighted by atomic mass is 9.86. The summed E-state index contributed by atoms with van der Waals surface area (Å²) in [5.74, 6) is 0. The number of hydrogen-bond donors (Lipinski definition) is 1. The molecule has 0 aliphatic carbocycles. The zero-order chi connectivity index (χ0) is 14.5. The van der Waals surface area contributed by atoms with Crippen LogP contribution in [0.5, 0.6) is 0 Å². The average Bonchev–Trinajstić information content (AvgIpc) is 2.36. The largest absolute Gasteiger partial charge is 0.309 e. The van der Waals surface area contributed by atoms with Gasteiger partial charge in [0, 0.05) is 10.6 Å². The van der Waals surface area contributed by atoms with Crippen molar-refractivity contribution in [1.82, 2.24) is 10.2 Å². The molecule has 1 atom stereocenters. The zero-order valence-electron chi connectivity index (χ0n) is 12.8. The van der Waals surface area contributed by atoms with E-state index in [1.807, 2.05) is 12.1 Å². The van der Waals surface area contributed by atoms with E-state index in [-0.39, 0.29) is 11.6 Å². The van der Waals surface area contributed by atoms with Crippen LogP contribution in [-0.4, -0.2) is 30.1 Å². The molecule has 2 nitrogen and oxygen atoms in total. The van der Waals surface area contributed by atoms with Crippen LogP contribution in [0.3, 0.4) is 0 Å². The van der Waals surface area contributed by atoms with Crippen molar-refractivity contribution in [2.75, 3.05) is 19.6 Å². The molecule has 3 heteroatoms. The fourth-order valence-electron chi connectivity index (χ4n) is 2.89. The number of hydrogen-bond acceptors (Lipinski definition) is 2. The Bertz CT molecular complexity index is 386. The lowest BCUT2D eigenvalue weighted by Gasteiger charge is -2.44. The monoisotopic (exact) mass is 282 g/mol. The first-order chi connectivity index (χ1) is 8.97. The number of rotatable bonds is 7. The van der Waals surface area contributed by atoms with Gasteiger partial charge in [0.05, 0.1) is 6.04 Å². The first-order valence-corrected chi connectivity index (χ1v) is 7.59. The Balaban J connectivity index is 3.12. The molecule has 0 aliphatic rings. The molecule has 1 unspecified atom stereocenters. The third kappa shape index (κ3) is 3.95. The quantitative estimate of drug-likeness (QED) is 0.810. The Morgan fingerprint density at radius 3 is 2.32 bits per heavy atom. The third-order valence-electron chi connectivity index (χ3n) is 3.88. The summed E-state index contributed by atoms with van der Waals surface area (Å²) in [6.45, 7) is 14.2. The van der Waals surface area contributed by atoms with E-state index >= 15 is 0 Å². The summed E-state index contributed by atoms with van der Waals surface area (Å²) >= 11 is 6.15. The molecule has 0 radical (unpaired) electrons. The maximum absolute atomic E-state index is 6.15. The molecular weight excluding hydrogens is 256 g/mol.